The van der Waals surface area contributed by atoms with Crippen LogP contribution in [0.15, 0.2) is 450 Å². The van der Waals surface area contributed by atoms with Crippen LogP contribution in [0.1, 0.15) is 32.0 Å². The molecule has 0 fully saturated rings. The lowest BCUT2D eigenvalue weighted by atomic mass is 9.66. The van der Waals surface area contributed by atoms with Crippen LogP contribution in [0.25, 0.3) is 147 Å². The van der Waals surface area contributed by atoms with Crippen LogP contribution in [0.3, 0.4) is 0 Å². The summed E-state index contributed by atoms with van der Waals surface area (Å²) < 4.78 is 7.98. The lowest BCUT2D eigenvalue weighted by Gasteiger charge is -2.44. The summed E-state index contributed by atoms with van der Waals surface area (Å²) in [5, 5.41) is 45.1. The molecule has 15 heteroatoms. The monoisotopic (exact) mass is 1960 g/mol. The molecule has 0 saturated carbocycles. The molecule has 1 radical (unpaired) electrons. The van der Waals surface area contributed by atoms with E-state index in [-0.39, 0.29) is 0 Å². The van der Waals surface area contributed by atoms with E-state index in [9.17, 15) is 10.2 Å². The van der Waals surface area contributed by atoms with Gasteiger partial charge in [0.15, 0.2) is 10.7 Å². The molecule has 613 valence electrons. The van der Waals surface area contributed by atoms with Gasteiger partial charge >= 0.3 is 7.69 Å². The number of rotatable bonds is 14. The molecule has 127 heavy (non-hydrogen) atoms. The first-order chi connectivity index (χ1) is 62.4. The van der Waals surface area contributed by atoms with Crippen molar-refractivity contribution in [2.75, 3.05) is 0 Å². The number of hydrogen-bond acceptors (Lipinski definition) is 11. The van der Waals surface area contributed by atoms with Gasteiger partial charge < -0.3 is 19.9 Å². The van der Waals surface area contributed by atoms with E-state index >= 15 is 0 Å². The third-order valence-electron chi connectivity index (χ3n) is 22.4. The number of halogens is 3. The number of fused-ring (bicyclic) bond motifs is 6. The summed E-state index contributed by atoms with van der Waals surface area (Å²) in [5.74, 6) is 0. The molecular weight excluding hydrogens is 1880 g/mol. The van der Waals surface area contributed by atoms with Crippen molar-refractivity contribution >= 4 is 178 Å². The smallest absolute Gasteiger partial charge is 0.530 e. The van der Waals surface area contributed by atoms with Gasteiger partial charge in [0.25, 0.3) is 0 Å². The van der Waals surface area contributed by atoms with Gasteiger partial charge in [0.1, 0.15) is 5.60 Å². The fourth-order valence-electron chi connectivity index (χ4n) is 16.6. The molecule has 7 heterocycles. The quantitative estimate of drug-likeness (QED) is 0.0750. The molecule has 0 bridgehead atoms. The van der Waals surface area contributed by atoms with Crippen LogP contribution < -0.4 is 4.65 Å². The van der Waals surface area contributed by atoms with Gasteiger partial charge in [0.05, 0.1) is 3.79 Å². The first kappa shape index (κ1) is 84.9. The van der Waals surface area contributed by atoms with E-state index in [1.54, 1.807) is 34.0 Å². The Morgan fingerprint density at radius 2 is 0.512 bits per heavy atom. The van der Waals surface area contributed by atoms with Crippen LogP contribution in [0.4, 0.5) is 0 Å². The van der Waals surface area contributed by atoms with Gasteiger partial charge in [-0.25, -0.2) is 0 Å². The van der Waals surface area contributed by atoms with Crippen molar-refractivity contribution in [3.63, 3.8) is 0 Å². The fourth-order valence-corrected chi connectivity index (χ4v) is 25.0. The topological polar surface area (TPSA) is 69.9 Å². The highest BCUT2D eigenvalue weighted by Crippen LogP contribution is 2.57. The SMILES string of the molecule is Brc1ccc(-c2ccccc2)s1.Brc1ccc2c(-c3ccc(-c4ccccc4)s3)c3ccccc3c(-c3ccc(-c4ccccc4)s3)c2c1.OC1(c2ccc(-c3ccccc3)s2)c2ccccc2C(O)(c2ccc(-c3ccccc3)s2)c2cc(Br)ccc21.O[B]Oc1ccc(-c2ccccc2)s1.c1ccc(-c2ccc(-c3c4ccccc4cc4ccccc34)s2)cc1. The molecule has 0 saturated heterocycles. The van der Waals surface area contributed by atoms with E-state index in [2.05, 4.69) is 345 Å². The lowest BCUT2D eigenvalue weighted by Crippen LogP contribution is -2.43. The van der Waals surface area contributed by atoms with Crippen molar-refractivity contribution in [2.45, 2.75) is 11.2 Å². The minimum atomic E-state index is -1.43. The largest absolute Gasteiger partial charge is 0.569 e. The van der Waals surface area contributed by atoms with Crippen molar-refractivity contribution in [1.29, 1.82) is 0 Å². The van der Waals surface area contributed by atoms with Gasteiger partial charge in [-0.3, -0.25) is 0 Å². The summed E-state index contributed by atoms with van der Waals surface area (Å²) >= 11 is 22.9. The zero-order valence-electron chi connectivity index (χ0n) is 67.9. The van der Waals surface area contributed by atoms with Gasteiger partial charge in [0, 0.05) is 106 Å². The standard InChI is InChI=1S/C34H23BrO2S2.C34H21BrS2.C24H16S.C10H8BO2S.C10H7BrS/c35-24-15-16-27-28(21-24)34(37,32-20-18-30(39-32)23-11-5-2-6-12-23)26-14-8-7-13-25(26)33(27,36)31-19-17-29(38-31)22-9-3-1-4-10-22;35-24-15-16-27-28(21-24)34(32-20-18-30(37-32)23-11-5-2-6-12-23)26-14-8-7-13-25(26)33(27)31-19-17-29(36-31)22-9-3-1-4-10-22;1-2-8-17(9-3-1)22-14-15-23(25-22)24-20-12-6-4-10-18(20)16-19-11-5-7-13-21(19)24;12-11-13-10-7-6-9(14-10)8-4-2-1-3-5-8;11-10-7-6-9(12-10)8-4-2-1-3-5-8/h1-21,36-37H;1-21H;1-16H;1-7,12H;1-7H. The summed E-state index contributed by atoms with van der Waals surface area (Å²) in [6, 6.07) is 151. The molecule has 22 aromatic rings. The predicted octanol–water partition coefficient (Wildman–Crippen LogP) is 34.2. The Balaban J connectivity index is 0.000000110. The Kier molecular flexibility index (Phi) is 25.8. The molecule has 1 aliphatic carbocycles. The second-order valence-corrected chi connectivity index (χ2v) is 40.9. The predicted molar refractivity (Wildman–Crippen MR) is 557 cm³/mol. The highest BCUT2D eigenvalue weighted by Gasteiger charge is 2.52. The van der Waals surface area contributed by atoms with E-state index in [0.717, 1.165) is 50.0 Å². The second-order valence-electron chi connectivity index (χ2n) is 30.2. The van der Waals surface area contributed by atoms with E-state index < -0.39 is 11.2 Å². The van der Waals surface area contributed by atoms with E-state index in [0.29, 0.717) is 35.0 Å². The Labute approximate surface area is 792 Å². The minimum absolute atomic E-state index is 0.675. The molecule has 3 N–H and O–H groups in total. The molecule has 0 aliphatic heterocycles. The third kappa shape index (κ3) is 17.9. The van der Waals surface area contributed by atoms with Crippen molar-refractivity contribution in [3.8, 4) is 109 Å². The molecule has 0 spiro atoms. The lowest BCUT2D eigenvalue weighted by molar-refractivity contribution is 0.0786. The Morgan fingerprint density at radius 1 is 0.220 bits per heavy atom. The molecule has 2 atom stereocenters. The summed E-state index contributed by atoms with van der Waals surface area (Å²) in [7, 11) is 0.695. The van der Waals surface area contributed by atoms with E-state index in [1.165, 1.54) is 131 Å². The fraction of sp³-hybridized carbons (Fsp3) is 0.0179. The minimum Gasteiger partial charge on any atom is -0.530 e. The Bertz CT molecular complexity index is 7500. The van der Waals surface area contributed by atoms with Gasteiger partial charge in [-0.15, -0.1) is 79.4 Å². The van der Waals surface area contributed by atoms with E-state index in [4.69, 9.17) is 9.68 Å². The average Bonchev–Trinajstić information content (AvgIpc) is 1.68. The molecule has 1 aliphatic rings. The molecule has 4 nitrogen and oxygen atoms in total. The van der Waals surface area contributed by atoms with Crippen molar-refractivity contribution in [2.24, 2.45) is 0 Å². The summed E-state index contributed by atoms with van der Waals surface area (Å²) in [6.45, 7) is 0. The number of aliphatic hydroxyl groups is 2. The van der Waals surface area contributed by atoms with Crippen LogP contribution in [-0.4, -0.2) is 22.9 Å². The molecule has 15 aromatic carbocycles. The zero-order chi connectivity index (χ0) is 86.2. The molecule has 2 unspecified atom stereocenters. The van der Waals surface area contributed by atoms with Crippen molar-refractivity contribution in [3.05, 3.63) is 482 Å². The van der Waals surface area contributed by atoms with Crippen LogP contribution in [0.2, 0.25) is 0 Å². The summed E-state index contributed by atoms with van der Waals surface area (Å²) in [6.07, 6.45) is 0. The number of thiophene rings is 7. The van der Waals surface area contributed by atoms with Gasteiger partial charge in [-0.2, -0.15) is 0 Å². The second kappa shape index (κ2) is 38.5. The average molecular weight is 1960 g/mol. The summed E-state index contributed by atoms with van der Waals surface area (Å²) in [4.78, 5) is 14.0. The molecule has 7 aromatic heterocycles. The maximum atomic E-state index is 12.8. The van der Waals surface area contributed by atoms with E-state index in [1.807, 2.05) is 174 Å². The molecule has 23 rings (SSSR count). The van der Waals surface area contributed by atoms with Gasteiger partial charge in [0.2, 0.25) is 0 Å². The van der Waals surface area contributed by atoms with Crippen LogP contribution in [0.5, 0.6) is 5.06 Å². The Morgan fingerprint density at radius 3 is 0.921 bits per heavy atom. The van der Waals surface area contributed by atoms with Gasteiger partial charge in [-0.05, 0) is 213 Å². The summed E-state index contributed by atoms with van der Waals surface area (Å²) in [5.41, 5.74) is 12.3. The third-order valence-corrected chi connectivity index (χ3v) is 32.1. The van der Waals surface area contributed by atoms with Crippen molar-refractivity contribution < 1.29 is 19.9 Å². The number of benzene rings is 15. The highest BCUT2D eigenvalue weighted by atomic mass is 79.9. The molecule has 0 amide bonds. The Hall–Kier alpha value is -11.6. The van der Waals surface area contributed by atoms with Crippen LogP contribution in [0, 0.1) is 0 Å². The zero-order valence-corrected chi connectivity index (χ0v) is 78.4. The normalized spacial score (nSPS) is 13.7. The first-order valence-corrected chi connectivity index (χ1v) is 49.3. The molecular formula is C112H75BBr3O4S7. The van der Waals surface area contributed by atoms with Crippen LogP contribution in [-0.2, 0) is 11.2 Å². The van der Waals surface area contributed by atoms with Crippen LogP contribution >= 0.6 is 127 Å². The maximum Gasteiger partial charge on any atom is 0.569 e. The van der Waals surface area contributed by atoms with Crippen molar-refractivity contribution in [1.82, 2.24) is 0 Å². The highest BCUT2D eigenvalue weighted by molar-refractivity contribution is 9.11. The first-order valence-electron chi connectivity index (χ1n) is 41.2. The van der Waals surface area contributed by atoms with Gasteiger partial charge in [-0.1, -0.05) is 353 Å². The maximum absolute atomic E-state index is 12.8. The number of hydrogen-bond donors (Lipinski definition) is 3.